The molecule has 21 heavy (non-hydrogen) atoms. The molecule has 106 valence electrons. The normalized spacial score (nSPS) is 10.8. The summed E-state index contributed by atoms with van der Waals surface area (Å²) in [4.78, 5) is 15.0. The molecule has 4 heteroatoms. The van der Waals surface area contributed by atoms with Gasteiger partial charge in [0.2, 0.25) is 0 Å². The number of fused-ring (bicyclic) bond motifs is 1. The van der Waals surface area contributed by atoms with Crippen molar-refractivity contribution in [2.24, 2.45) is 0 Å². The maximum Gasteiger partial charge on any atom is 0.253 e. The Morgan fingerprint density at radius 1 is 1.10 bits per heavy atom. The molecule has 0 aliphatic heterocycles. The smallest absolute Gasteiger partial charge is 0.253 e. The second kappa shape index (κ2) is 5.40. The van der Waals surface area contributed by atoms with Gasteiger partial charge in [-0.1, -0.05) is 12.1 Å². The summed E-state index contributed by atoms with van der Waals surface area (Å²) in [6, 6.07) is 13.9. The van der Waals surface area contributed by atoms with Crippen molar-refractivity contribution in [2.75, 3.05) is 5.32 Å². The zero-order chi connectivity index (χ0) is 14.8. The summed E-state index contributed by atoms with van der Waals surface area (Å²) in [5, 5.41) is 4.11. The molecule has 0 radical (unpaired) electrons. The number of aromatic amines is 1. The molecule has 1 aromatic heterocycles. The Hall–Kier alpha value is -2.62. The predicted octanol–water partition coefficient (Wildman–Crippen LogP) is 3.59. The summed E-state index contributed by atoms with van der Waals surface area (Å²) in [5.74, 6) is -0.278. The van der Waals surface area contributed by atoms with Crippen molar-refractivity contribution >= 4 is 16.6 Å². The highest BCUT2D eigenvalue weighted by atomic mass is 19.1. The van der Waals surface area contributed by atoms with Gasteiger partial charge in [-0.15, -0.1) is 0 Å². The van der Waals surface area contributed by atoms with Gasteiger partial charge in [-0.05, 0) is 54.3 Å². The van der Waals surface area contributed by atoms with Crippen molar-refractivity contribution in [3.8, 4) is 0 Å². The Labute approximate surface area is 121 Å². The highest BCUT2D eigenvalue weighted by Crippen LogP contribution is 2.14. The van der Waals surface area contributed by atoms with E-state index in [1.54, 1.807) is 12.1 Å². The average Bonchev–Trinajstić information content (AvgIpc) is 2.47. The molecule has 2 N–H and O–H groups in total. The maximum absolute atomic E-state index is 12.8. The number of pyridine rings is 1. The summed E-state index contributed by atoms with van der Waals surface area (Å²) in [7, 11) is 0. The van der Waals surface area contributed by atoms with E-state index in [0.29, 0.717) is 12.1 Å². The summed E-state index contributed by atoms with van der Waals surface area (Å²) in [5.41, 5.74) is 3.26. The van der Waals surface area contributed by atoms with E-state index in [4.69, 9.17) is 0 Å². The number of aromatic nitrogens is 1. The summed E-state index contributed by atoms with van der Waals surface area (Å²) >= 11 is 0. The first-order valence-corrected chi connectivity index (χ1v) is 6.74. The number of hydrogen-bond acceptors (Lipinski definition) is 2. The van der Waals surface area contributed by atoms with Gasteiger partial charge in [0, 0.05) is 23.3 Å². The second-order valence-corrected chi connectivity index (χ2v) is 5.07. The molecule has 1 heterocycles. The second-order valence-electron chi connectivity index (χ2n) is 5.07. The Morgan fingerprint density at radius 3 is 2.62 bits per heavy atom. The van der Waals surface area contributed by atoms with Gasteiger partial charge >= 0.3 is 0 Å². The molecule has 0 aliphatic rings. The third kappa shape index (κ3) is 2.94. The molecular formula is C17H15FN2O. The minimum Gasteiger partial charge on any atom is -0.381 e. The number of H-pyrrole nitrogens is 1. The van der Waals surface area contributed by atoms with Crippen molar-refractivity contribution in [3.05, 3.63) is 75.8 Å². The molecular weight excluding hydrogens is 267 g/mol. The van der Waals surface area contributed by atoms with E-state index < -0.39 is 0 Å². The van der Waals surface area contributed by atoms with Crippen molar-refractivity contribution < 1.29 is 4.39 Å². The average molecular weight is 282 g/mol. The lowest BCUT2D eigenvalue weighted by Gasteiger charge is -2.07. The standard InChI is InChI=1S/C17H15FN2O/c1-11-2-3-12-9-13(17(21)20-16(12)8-11)10-19-15-6-4-14(18)5-7-15/h2-9,19H,10H2,1H3,(H,20,21). The van der Waals surface area contributed by atoms with Crippen LogP contribution in [0.4, 0.5) is 10.1 Å². The van der Waals surface area contributed by atoms with Crippen molar-refractivity contribution in [1.29, 1.82) is 0 Å². The Bertz CT molecular complexity index is 838. The lowest BCUT2D eigenvalue weighted by atomic mass is 10.1. The van der Waals surface area contributed by atoms with Gasteiger partial charge < -0.3 is 10.3 Å². The molecule has 3 aromatic rings. The zero-order valence-corrected chi connectivity index (χ0v) is 11.6. The number of halogens is 1. The third-order valence-electron chi connectivity index (χ3n) is 3.41. The minimum absolute atomic E-state index is 0.109. The summed E-state index contributed by atoms with van der Waals surface area (Å²) in [6.45, 7) is 2.38. The van der Waals surface area contributed by atoms with Crippen LogP contribution in [0.1, 0.15) is 11.1 Å². The summed E-state index contributed by atoms with van der Waals surface area (Å²) < 4.78 is 12.8. The highest BCUT2D eigenvalue weighted by molar-refractivity contribution is 5.79. The first-order valence-electron chi connectivity index (χ1n) is 6.74. The summed E-state index contributed by atoms with van der Waals surface area (Å²) in [6.07, 6.45) is 0. The number of rotatable bonds is 3. The zero-order valence-electron chi connectivity index (χ0n) is 11.6. The molecule has 0 fully saturated rings. The third-order valence-corrected chi connectivity index (χ3v) is 3.41. The van der Waals surface area contributed by atoms with Gasteiger partial charge in [0.05, 0.1) is 0 Å². The number of aryl methyl sites for hydroxylation is 1. The lowest BCUT2D eigenvalue weighted by Crippen LogP contribution is -2.15. The molecule has 0 amide bonds. The fraction of sp³-hybridized carbons (Fsp3) is 0.118. The van der Waals surface area contributed by atoms with Crippen molar-refractivity contribution in [1.82, 2.24) is 4.98 Å². The number of hydrogen-bond donors (Lipinski definition) is 2. The van der Waals surface area contributed by atoms with E-state index in [0.717, 1.165) is 22.2 Å². The van der Waals surface area contributed by atoms with E-state index in [1.165, 1.54) is 12.1 Å². The monoisotopic (exact) mass is 282 g/mol. The molecule has 3 rings (SSSR count). The fourth-order valence-electron chi connectivity index (χ4n) is 2.26. The van der Waals surface area contributed by atoms with Crippen LogP contribution in [0, 0.1) is 12.7 Å². The van der Waals surface area contributed by atoms with E-state index in [-0.39, 0.29) is 11.4 Å². The van der Waals surface area contributed by atoms with Gasteiger partial charge in [-0.2, -0.15) is 0 Å². The van der Waals surface area contributed by atoms with Gasteiger partial charge in [0.25, 0.3) is 5.56 Å². The Morgan fingerprint density at radius 2 is 1.86 bits per heavy atom. The predicted molar refractivity (Wildman–Crippen MR) is 83.0 cm³/mol. The highest BCUT2D eigenvalue weighted by Gasteiger charge is 2.03. The van der Waals surface area contributed by atoms with Gasteiger partial charge in [0.15, 0.2) is 0 Å². The van der Waals surface area contributed by atoms with Crippen LogP contribution >= 0.6 is 0 Å². The first kappa shape index (κ1) is 13.4. The number of benzene rings is 2. The van der Waals surface area contributed by atoms with E-state index in [1.807, 2.05) is 31.2 Å². The molecule has 0 bridgehead atoms. The van der Waals surface area contributed by atoms with Crippen molar-refractivity contribution in [2.45, 2.75) is 13.5 Å². The molecule has 0 saturated carbocycles. The molecule has 0 unspecified atom stereocenters. The van der Waals surface area contributed by atoms with E-state index in [9.17, 15) is 9.18 Å². The van der Waals surface area contributed by atoms with E-state index in [2.05, 4.69) is 10.3 Å². The van der Waals surface area contributed by atoms with Crippen LogP contribution in [0.2, 0.25) is 0 Å². The quantitative estimate of drug-likeness (QED) is 0.771. The van der Waals surface area contributed by atoms with Gasteiger partial charge in [-0.3, -0.25) is 4.79 Å². The SMILES string of the molecule is Cc1ccc2cc(CNc3ccc(F)cc3)c(=O)[nH]c2c1. The van der Waals surface area contributed by atoms with Gasteiger partial charge in [-0.25, -0.2) is 4.39 Å². The molecule has 0 atom stereocenters. The molecule has 0 spiro atoms. The van der Waals surface area contributed by atoms with Crippen molar-refractivity contribution in [3.63, 3.8) is 0 Å². The lowest BCUT2D eigenvalue weighted by molar-refractivity contribution is 0.628. The Balaban J connectivity index is 1.86. The van der Waals surface area contributed by atoms with Crippen LogP contribution in [-0.2, 0) is 6.54 Å². The fourth-order valence-corrected chi connectivity index (χ4v) is 2.26. The van der Waals surface area contributed by atoms with Crippen LogP contribution in [0.5, 0.6) is 0 Å². The van der Waals surface area contributed by atoms with Crippen LogP contribution in [-0.4, -0.2) is 4.98 Å². The topological polar surface area (TPSA) is 44.9 Å². The first-order chi connectivity index (χ1) is 10.1. The van der Waals surface area contributed by atoms with Crippen LogP contribution < -0.4 is 10.9 Å². The molecule has 2 aromatic carbocycles. The largest absolute Gasteiger partial charge is 0.381 e. The Kier molecular flexibility index (Phi) is 3.44. The van der Waals surface area contributed by atoms with Crippen LogP contribution in [0.3, 0.4) is 0 Å². The molecule has 0 saturated heterocycles. The number of nitrogens with one attached hydrogen (secondary N) is 2. The van der Waals surface area contributed by atoms with E-state index >= 15 is 0 Å². The molecule has 0 aliphatic carbocycles. The number of anilines is 1. The van der Waals surface area contributed by atoms with Crippen LogP contribution in [0.25, 0.3) is 10.9 Å². The minimum atomic E-state index is -0.278. The van der Waals surface area contributed by atoms with Gasteiger partial charge in [0.1, 0.15) is 5.82 Å². The maximum atomic E-state index is 12.8. The van der Waals surface area contributed by atoms with Crippen LogP contribution in [0.15, 0.2) is 53.3 Å². The molecule has 3 nitrogen and oxygen atoms in total.